The Balaban J connectivity index is 1.42. The second-order valence-electron chi connectivity index (χ2n) is 7.53. The number of aromatic nitrogens is 4. The first-order chi connectivity index (χ1) is 13.7. The van der Waals surface area contributed by atoms with Gasteiger partial charge in [-0.15, -0.1) is 0 Å². The lowest BCUT2D eigenvalue weighted by Gasteiger charge is -2.33. The molecule has 2 aromatic heterocycles. The number of hydrogen-bond acceptors (Lipinski definition) is 5. The van der Waals surface area contributed by atoms with E-state index < -0.39 is 0 Å². The summed E-state index contributed by atoms with van der Waals surface area (Å²) in [5.41, 5.74) is 1.21. The Labute approximate surface area is 166 Å². The maximum absolute atomic E-state index is 6.08. The van der Waals surface area contributed by atoms with Crippen LogP contribution in [0.4, 0.5) is 0 Å². The van der Waals surface area contributed by atoms with E-state index in [0.29, 0.717) is 5.92 Å². The minimum atomic E-state index is 0.597. The van der Waals surface area contributed by atoms with Crippen LogP contribution in [0.5, 0.6) is 11.5 Å². The van der Waals surface area contributed by atoms with Crippen LogP contribution in [0, 0.1) is 19.8 Å². The van der Waals surface area contributed by atoms with Crippen LogP contribution < -0.4 is 4.74 Å². The molecule has 6 heteroatoms. The molecule has 0 spiro atoms. The molecule has 1 saturated heterocycles. The van der Waals surface area contributed by atoms with Crippen LogP contribution in [-0.2, 0) is 13.1 Å². The highest BCUT2D eigenvalue weighted by atomic mass is 16.5. The third-order valence-electron chi connectivity index (χ3n) is 5.23. The zero-order valence-corrected chi connectivity index (χ0v) is 16.6. The van der Waals surface area contributed by atoms with Crippen LogP contribution in [0.2, 0.25) is 0 Å². The SMILES string of the molecule is Cc1nc(C)n(CC2CCCN(Cc3ccccc3Oc3cccnc3)C2)n1. The number of pyridine rings is 1. The van der Waals surface area contributed by atoms with Crippen molar-refractivity contribution < 1.29 is 4.74 Å². The molecule has 1 aromatic carbocycles. The van der Waals surface area contributed by atoms with Gasteiger partial charge in [-0.3, -0.25) is 9.88 Å². The summed E-state index contributed by atoms with van der Waals surface area (Å²) in [6.45, 7) is 8.01. The molecular formula is C22H27N5O. The van der Waals surface area contributed by atoms with Crippen LogP contribution in [0.25, 0.3) is 0 Å². The number of nitrogens with zero attached hydrogens (tertiary/aromatic N) is 5. The van der Waals surface area contributed by atoms with Gasteiger partial charge < -0.3 is 4.74 Å². The number of hydrogen-bond donors (Lipinski definition) is 0. The molecule has 1 atom stereocenters. The average molecular weight is 377 g/mol. The molecule has 1 unspecified atom stereocenters. The van der Waals surface area contributed by atoms with Crippen molar-refractivity contribution in [1.29, 1.82) is 0 Å². The molecule has 0 bridgehead atoms. The second-order valence-corrected chi connectivity index (χ2v) is 7.53. The smallest absolute Gasteiger partial charge is 0.147 e. The van der Waals surface area contributed by atoms with Gasteiger partial charge in [0.2, 0.25) is 0 Å². The summed E-state index contributed by atoms with van der Waals surface area (Å²) < 4.78 is 8.14. The first kappa shape index (κ1) is 18.6. The quantitative estimate of drug-likeness (QED) is 0.650. The Morgan fingerprint density at radius 1 is 1.14 bits per heavy atom. The van der Waals surface area contributed by atoms with Gasteiger partial charge in [-0.2, -0.15) is 5.10 Å². The highest BCUT2D eigenvalue weighted by molar-refractivity contribution is 5.37. The summed E-state index contributed by atoms with van der Waals surface area (Å²) in [4.78, 5) is 11.1. The molecule has 3 aromatic rings. The summed E-state index contributed by atoms with van der Waals surface area (Å²) in [5, 5.41) is 4.54. The Hall–Kier alpha value is -2.73. The largest absolute Gasteiger partial charge is 0.455 e. The fourth-order valence-corrected chi connectivity index (χ4v) is 3.93. The highest BCUT2D eigenvalue weighted by Crippen LogP contribution is 2.27. The monoisotopic (exact) mass is 377 g/mol. The van der Waals surface area contributed by atoms with Gasteiger partial charge in [0.05, 0.1) is 6.20 Å². The Morgan fingerprint density at radius 2 is 2.04 bits per heavy atom. The molecule has 0 radical (unpaired) electrons. The summed E-state index contributed by atoms with van der Waals surface area (Å²) in [6.07, 6.45) is 5.95. The van der Waals surface area contributed by atoms with Gasteiger partial charge in [0.1, 0.15) is 23.1 Å². The van der Waals surface area contributed by atoms with Crippen molar-refractivity contribution in [2.75, 3.05) is 13.1 Å². The molecule has 3 heterocycles. The topological polar surface area (TPSA) is 56.1 Å². The predicted molar refractivity (Wildman–Crippen MR) is 108 cm³/mol. The molecule has 6 nitrogen and oxygen atoms in total. The molecule has 28 heavy (non-hydrogen) atoms. The van der Waals surface area contributed by atoms with E-state index in [-0.39, 0.29) is 0 Å². The van der Waals surface area contributed by atoms with Crippen molar-refractivity contribution in [2.24, 2.45) is 5.92 Å². The summed E-state index contributed by atoms with van der Waals surface area (Å²) in [7, 11) is 0. The minimum absolute atomic E-state index is 0.597. The molecule has 0 amide bonds. The van der Waals surface area contributed by atoms with E-state index in [2.05, 4.69) is 36.8 Å². The van der Waals surface area contributed by atoms with E-state index in [1.165, 1.54) is 18.4 Å². The van der Waals surface area contributed by atoms with E-state index in [0.717, 1.165) is 49.3 Å². The molecular weight excluding hydrogens is 350 g/mol. The molecule has 146 valence electrons. The first-order valence-electron chi connectivity index (χ1n) is 9.93. The second kappa shape index (κ2) is 8.52. The number of aryl methyl sites for hydroxylation is 2. The van der Waals surface area contributed by atoms with E-state index in [4.69, 9.17) is 4.74 Å². The zero-order valence-electron chi connectivity index (χ0n) is 16.6. The van der Waals surface area contributed by atoms with Crippen LogP contribution >= 0.6 is 0 Å². The van der Waals surface area contributed by atoms with Gasteiger partial charge in [-0.05, 0) is 57.4 Å². The fraction of sp³-hybridized carbons (Fsp3) is 0.409. The van der Waals surface area contributed by atoms with Crippen molar-refractivity contribution in [1.82, 2.24) is 24.6 Å². The van der Waals surface area contributed by atoms with Crippen molar-refractivity contribution in [2.45, 2.75) is 39.8 Å². The van der Waals surface area contributed by atoms with Gasteiger partial charge in [-0.1, -0.05) is 18.2 Å². The number of para-hydroxylation sites is 1. The van der Waals surface area contributed by atoms with Gasteiger partial charge in [-0.25, -0.2) is 9.67 Å². The van der Waals surface area contributed by atoms with E-state index >= 15 is 0 Å². The van der Waals surface area contributed by atoms with Gasteiger partial charge >= 0.3 is 0 Å². The predicted octanol–water partition coefficient (Wildman–Crippen LogP) is 3.99. The van der Waals surface area contributed by atoms with Crippen LogP contribution in [-0.4, -0.2) is 37.7 Å². The summed E-state index contributed by atoms with van der Waals surface area (Å²) in [6, 6.07) is 12.1. The number of likely N-dealkylation sites (tertiary alicyclic amines) is 1. The standard InChI is InChI=1S/C22H27N5O/c1-17-24-18(2)27(25-17)15-19-7-6-12-26(14-19)16-20-8-3-4-10-22(20)28-21-9-5-11-23-13-21/h3-5,8-11,13,19H,6-7,12,14-16H2,1-2H3. The van der Waals surface area contributed by atoms with Crippen molar-refractivity contribution in [3.05, 3.63) is 66.0 Å². The third kappa shape index (κ3) is 4.57. The van der Waals surface area contributed by atoms with Crippen molar-refractivity contribution in [3.63, 3.8) is 0 Å². The number of piperidine rings is 1. The summed E-state index contributed by atoms with van der Waals surface area (Å²) >= 11 is 0. The van der Waals surface area contributed by atoms with E-state index in [9.17, 15) is 0 Å². The van der Waals surface area contributed by atoms with E-state index in [1.807, 2.05) is 38.1 Å². The number of benzene rings is 1. The molecule has 1 fully saturated rings. The van der Waals surface area contributed by atoms with Crippen LogP contribution in [0.1, 0.15) is 30.1 Å². The minimum Gasteiger partial charge on any atom is -0.455 e. The molecule has 0 aliphatic carbocycles. The Bertz CT molecular complexity index is 908. The number of ether oxygens (including phenoxy) is 1. The lowest BCUT2D eigenvalue weighted by Crippen LogP contribution is -2.37. The number of rotatable bonds is 6. The van der Waals surface area contributed by atoms with Gasteiger partial charge in [0, 0.05) is 31.4 Å². The molecule has 0 N–H and O–H groups in total. The zero-order chi connectivity index (χ0) is 19.3. The van der Waals surface area contributed by atoms with Crippen molar-refractivity contribution in [3.8, 4) is 11.5 Å². The Kier molecular flexibility index (Phi) is 5.67. The molecule has 4 rings (SSSR count). The van der Waals surface area contributed by atoms with Crippen LogP contribution in [0.3, 0.4) is 0 Å². The summed E-state index contributed by atoms with van der Waals surface area (Å²) in [5.74, 6) is 4.13. The highest BCUT2D eigenvalue weighted by Gasteiger charge is 2.22. The van der Waals surface area contributed by atoms with E-state index in [1.54, 1.807) is 12.4 Å². The lowest BCUT2D eigenvalue weighted by atomic mass is 9.97. The maximum atomic E-state index is 6.08. The molecule has 1 aliphatic heterocycles. The Morgan fingerprint density at radius 3 is 2.82 bits per heavy atom. The first-order valence-corrected chi connectivity index (χ1v) is 9.93. The average Bonchev–Trinajstić information content (AvgIpc) is 3.01. The lowest BCUT2D eigenvalue weighted by molar-refractivity contribution is 0.151. The maximum Gasteiger partial charge on any atom is 0.147 e. The molecule has 0 saturated carbocycles. The van der Waals surface area contributed by atoms with Gasteiger partial charge in [0.15, 0.2) is 0 Å². The van der Waals surface area contributed by atoms with Crippen molar-refractivity contribution >= 4 is 0 Å². The fourth-order valence-electron chi connectivity index (χ4n) is 3.93. The van der Waals surface area contributed by atoms with Crippen LogP contribution in [0.15, 0.2) is 48.8 Å². The normalized spacial score (nSPS) is 17.6. The van der Waals surface area contributed by atoms with Gasteiger partial charge in [0.25, 0.3) is 0 Å². The third-order valence-corrected chi connectivity index (χ3v) is 5.23. The molecule has 1 aliphatic rings.